The van der Waals surface area contributed by atoms with Crippen LogP contribution in [0.5, 0.6) is 0 Å². The molecular weight excluding hydrogens is 198 g/mol. The van der Waals surface area contributed by atoms with Crippen LogP contribution in [0.25, 0.3) is 0 Å². The fourth-order valence-corrected chi connectivity index (χ4v) is 0.978. The van der Waals surface area contributed by atoms with Crippen molar-refractivity contribution >= 4 is 24.4 Å². The first-order valence-electron chi connectivity index (χ1n) is 4.00. The SMILES string of the molecule is O=Cc1ccccc1C(=O)N=CC(=O)O. The second-order valence-corrected chi connectivity index (χ2v) is 2.61. The molecule has 0 heterocycles. The molecule has 5 nitrogen and oxygen atoms in total. The van der Waals surface area contributed by atoms with E-state index >= 15 is 0 Å². The summed E-state index contributed by atoms with van der Waals surface area (Å²) < 4.78 is 0. The van der Waals surface area contributed by atoms with E-state index in [1.807, 2.05) is 0 Å². The maximum atomic E-state index is 11.3. The lowest BCUT2D eigenvalue weighted by atomic mass is 10.1. The third-order valence-electron chi connectivity index (χ3n) is 1.61. The number of rotatable bonds is 3. The molecule has 0 saturated carbocycles. The summed E-state index contributed by atoms with van der Waals surface area (Å²) >= 11 is 0. The summed E-state index contributed by atoms with van der Waals surface area (Å²) in [6.45, 7) is 0. The lowest BCUT2D eigenvalue weighted by molar-refractivity contribution is -0.128. The number of amides is 1. The average Bonchev–Trinajstić information content (AvgIpc) is 2.25. The van der Waals surface area contributed by atoms with Crippen molar-refractivity contribution in [2.75, 3.05) is 0 Å². The molecule has 0 bridgehead atoms. The Morgan fingerprint density at radius 3 is 2.53 bits per heavy atom. The molecule has 0 fully saturated rings. The number of hydrogen-bond donors (Lipinski definition) is 1. The summed E-state index contributed by atoms with van der Waals surface area (Å²) in [6.07, 6.45) is 1.01. The highest BCUT2D eigenvalue weighted by Gasteiger charge is 2.08. The molecule has 0 spiro atoms. The molecule has 5 heteroatoms. The molecule has 0 unspecified atom stereocenters. The highest BCUT2D eigenvalue weighted by Crippen LogP contribution is 2.07. The number of carbonyl (C=O) groups excluding carboxylic acids is 2. The van der Waals surface area contributed by atoms with Crippen LogP contribution in [0.3, 0.4) is 0 Å². The van der Waals surface area contributed by atoms with E-state index in [0.29, 0.717) is 12.5 Å². The van der Waals surface area contributed by atoms with Crippen LogP contribution in [0.2, 0.25) is 0 Å². The summed E-state index contributed by atoms with van der Waals surface area (Å²) in [5, 5.41) is 8.26. The van der Waals surface area contributed by atoms with E-state index in [1.165, 1.54) is 12.1 Å². The van der Waals surface area contributed by atoms with Gasteiger partial charge in [0, 0.05) is 5.56 Å². The predicted molar refractivity (Wildman–Crippen MR) is 52.3 cm³/mol. The van der Waals surface area contributed by atoms with Gasteiger partial charge in [-0.05, 0) is 6.07 Å². The molecule has 1 rings (SSSR count). The first-order chi connectivity index (χ1) is 7.15. The number of hydrogen-bond acceptors (Lipinski definition) is 3. The zero-order valence-electron chi connectivity index (χ0n) is 7.58. The van der Waals surface area contributed by atoms with Crippen molar-refractivity contribution in [1.82, 2.24) is 0 Å². The summed E-state index contributed by atoms with van der Waals surface area (Å²) in [5.74, 6) is -2.06. The quantitative estimate of drug-likeness (QED) is 0.584. The molecule has 1 amide bonds. The third kappa shape index (κ3) is 2.84. The van der Waals surface area contributed by atoms with Gasteiger partial charge in [-0.15, -0.1) is 0 Å². The van der Waals surface area contributed by atoms with Gasteiger partial charge in [-0.1, -0.05) is 18.2 Å². The fraction of sp³-hybridized carbons (Fsp3) is 0. The van der Waals surface area contributed by atoms with Gasteiger partial charge in [-0.3, -0.25) is 9.59 Å². The lowest BCUT2D eigenvalue weighted by Crippen LogP contribution is -2.03. The minimum Gasteiger partial charge on any atom is -0.477 e. The molecular formula is C10H7NO4. The Morgan fingerprint density at radius 2 is 1.93 bits per heavy atom. The van der Waals surface area contributed by atoms with Crippen molar-refractivity contribution in [3.63, 3.8) is 0 Å². The molecule has 76 valence electrons. The van der Waals surface area contributed by atoms with Gasteiger partial charge in [0.15, 0.2) is 6.29 Å². The first-order valence-corrected chi connectivity index (χ1v) is 4.00. The maximum Gasteiger partial charge on any atom is 0.347 e. The van der Waals surface area contributed by atoms with Crippen LogP contribution in [0, 0.1) is 0 Å². The number of carboxylic acids is 1. The van der Waals surface area contributed by atoms with Gasteiger partial charge in [-0.2, -0.15) is 0 Å². The Hall–Kier alpha value is -2.30. The van der Waals surface area contributed by atoms with Gasteiger partial charge >= 0.3 is 5.97 Å². The fourth-order valence-electron chi connectivity index (χ4n) is 0.978. The first kappa shape index (κ1) is 10.8. The number of carboxylic acid groups (broad SMARTS) is 1. The highest BCUT2D eigenvalue weighted by molar-refractivity contribution is 6.25. The zero-order chi connectivity index (χ0) is 11.3. The van der Waals surface area contributed by atoms with Crippen molar-refractivity contribution in [3.8, 4) is 0 Å². The zero-order valence-corrected chi connectivity index (χ0v) is 7.58. The average molecular weight is 205 g/mol. The molecule has 0 aromatic heterocycles. The Balaban J connectivity index is 3.00. The van der Waals surface area contributed by atoms with Crippen LogP contribution in [0.4, 0.5) is 0 Å². The van der Waals surface area contributed by atoms with Gasteiger partial charge in [0.1, 0.15) is 6.21 Å². The molecule has 1 N–H and O–H groups in total. The normalized spacial score (nSPS) is 10.1. The molecule has 0 radical (unpaired) electrons. The number of benzene rings is 1. The van der Waals surface area contributed by atoms with Crippen molar-refractivity contribution in [2.24, 2.45) is 4.99 Å². The van der Waals surface area contributed by atoms with Crippen molar-refractivity contribution < 1.29 is 19.5 Å². The largest absolute Gasteiger partial charge is 0.477 e. The summed E-state index contributed by atoms with van der Waals surface area (Å²) in [7, 11) is 0. The van der Waals surface area contributed by atoms with Crippen LogP contribution in [0.15, 0.2) is 29.3 Å². The van der Waals surface area contributed by atoms with Gasteiger partial charge in [-0.25, -0.2) is 9.79 Å². The van der Waals surface area contributed by atoms with Crippen molar-refractivity contribution in [2.45, 2.75) is 0 Å². The molecule has 0 aliphatic carbocycles. The summed E-state index contributed by atoms with van der Waals surface area (Å²) in [5.41, 5.74) is 0.273. The number of aliphatic carboxylic acids is 1. The molecule has 1 aromatic carbocycles. The molecule has 1 aromatic rings. The molecule has 0 aliphatic rings. The number of aldehydes is 1. The van der Waals surface area contributed by atoms with E-state index in [9.17, 15) is 14.4 Å². The minimum absolute atomic E-state index is 0.0880. The Bertz CT molecular complexity index is 437. The smallest absolute Gasteiger partial charge is 0.347 e. The molecule has 15 heavy (non-hydrogen) atoms. The highest BCUT2D eigenvalue weighted by atomic mass is 16.4. The van der Waals surface area contributed by atoms with Gasteiger partial charge in [0.05, 0.1) is 5.56 Å². The van der Waals surface area contributed by atoms with Crippen molar-refractivity contribution in [3.05, 3.63) is 35.4 Å². The van der Waals surface area contributed by atoms with Crippen LogP contribution in [0.1, 0.15) is 20.7 Å². The number of nitrogens with zero attached hydrogens (tertiary/aromatic N) is 1. The Morgan fingerprint density at radius 1 is 1.27 bits per heavy atom. The maximum absolute atomic E-state index is 11.3. The van der Waals surface area contributed by atoms with E-state index in [2.05, 4.69) is 4.99 Å². The Kier molecular flexibility index (Phi) is 3.45. The van der Waals surface area contributed by atoms with Crippen molar-refractivity contribution in [1.29, 1.82) is 0 Å². The second-order valence-electron chi connectivity index (χ2n) is 2.61. The van der Waals surface area contributed by atoms with Crippen LogP contribution < -0.4 is 0 Å². The monoisotopic (exact) mass is 205 g/mol. The molecule has 0 atom stereocenters. The minimum atomic E-state index is -1.31. The number of carbonyl (C=O) groups is 3. The predicted octanol–water partition coefficient (Wildman–Crippen LogP) is 0.795. The van der Waals surface area contributed by atoms with Gasteiger partial charge < -0.3 is 5.11 Å². The van der Waals surface area contributed by atoms with E-state index < -0.39 is 11.9 Å². The van der Waals surface area contributed by atoms with E-state index in [4.69, 9.17) is 5.11 Å². The summed E-state index contributed by atoms with van der Waals surface area (Å²) in [6, 6.07) is 6.03. The number of aliphatic imine (C=N–C) groups is 1. The second kappa shape index (κ2) is 4.80. The van der Waals surface area contributed by atoms with Crippen LogP contribution in [-0.4, -0.2) is 29.5 Å². The van der Waals surface area contributed by atoms with E-state index in [0.717, 1.165) is 0 Å². The van der Waals surface area contributed by atoms with Crippen LogP contribution in [-0.2, 0) is 4.79 Å². The summed E-state index contributed by atoms with van der Waals surface area (Å²) in [4.78, 5) is 35.2. The Labute approximate surface area is 85.1 Å². The van der Waals surface area contributed by atoms with Gasteiger partial charge in [0.25, 0.3) is 5.91 Å². The van der Waals surface area contributed by atoms with Gasteiger partial charge in [0.2, 0.25) is 0 Å². The van der Waals surface area contributed by atoms with E-state index in [-0.39, 0.29) is 11.1 Å². The standard InChI is InChI=1S/C10H7NO4/c12-6-7-3-1-2-4-8(7)10(15)11-5-9(13)14/h1-6H,(H,13,14). The van der Waals surface area contributed by atoms with Crippen LogP contribution >= 0.6 is 0 Å². The topological polar surface area (TPSA) is 83.8 Å². The van der Waals surface area contributed by atoms with E-state index in [1.54, 1.807) is 12.1 Å². The third-order valence-corrected chi connectivity index (χ3v) is 1.61. The molecule has 0 aliphatic heterocycles. The lowest BCUT2D eigenvalue weighted by Gasteiger charge is -1.97. The molecule has 0 saturated heterocycles.